The highest BCUT2D eigenvalue weighted by molar-refractivity contribution is 7.16. The third kappa shape index (κ3) is 4.73. The van der Waals surface area contributed by atoms with E-state index in [1.54, 1.807) is 11.3 Å². The molecule has 3 aromatic heterocycles. The summed E-state index contributed by atoms with van der Waals surface area (Å²) in [5, 5.41) is 11.4. The van der Waals surface area contributed by atoms with Crippen LogP contribution in [0, 0.1) is 0 Å². The lowest BCUT2D eigenvalue weighted by atomic mass is 9.96. The van der Waals surface area contributed by atoms with E-state index in [9.17, 15) is 4.79 Å². The van der Waals surface area contributed by atoms with E-state index >= 15 is 0 Å². The number of nitrogens with one attached hydrogen (secondary N) is 1. The van der Waals surface area contributed by atoms with E-state index in [-0.39, 0.29) is 11.3 Å². The molecular formula is C17H20N4O2S2. The summed E-state index contributed by atoms with van der Waals surface area (Å²) >= 11 is 3.07. The maximum atomic E-state index is 12.1. The number of thiophene rings is 1. The smallest absolute Gasteiger partial charge is 0.226 e. The van der Waals surface area contributed by atoms with Crippen LogP contribution in [-0.2, 0) is 16.6 Å². The SMILES string of the molecule is CC(C)(C)c1noc(CCCC(=O)Nc2nc(-c3cccs3)cs2)n1. The molecule has 8 heteroatoms. The summed E-state index contributed by atoms with van der Waals surface area (Å²) in [5.74, 6) is 1.21. The van der Waals surface area contributed by atoms with Gasteiger partial charge in [0.15, 0.2) is 11.0 Å². The minimum atomic E-state index is -0.135. The molecule has 3 heterocycles. The van der Waals surface area contributed by atoms with E-state index in [0.717, 1.165) is 10.6 Å². The topological polar surface area (TPSA) is 80.9 Å². The standard InChI is InChI=1S/C17H20N4O2S2/c1-17(2,3)15-20-14(23-21-15)8-4-7-13(22)19-16-18-11(10-25-16)12-6-5-9-24-12/h5-6,9-10H,4,7-8H2,1-3H3,(H,18,19,22). The average Bonchev–Trinajstić information content (AvgIpc) is 3.27. The van der Waals surface area contributed by atoms with Crippen molar-refractivity contribution in [3.63, 3.8) is 0 Å². The van der Waals surface area contributed by atoms with Gasteiger partial charge in [0.05, 0.1) is 10.6 Å². The van der Waals surface area contributed by atoms with E-state index in [1.165, 1.54) is 11.3 Å². The van der Waals surface area contributed by atoms with Crippen molar-refractivity contribution < 1.29 is 9.32 Å². The van der Waals surface area contributed by atoms with Gasteiger partial charge in [-0.1, -0.05) is 32.0 Å². The Labute approximate surface area is 154 Å². The van der Waals surface area contributed by atoms with Crippen LogP contribution >= 0.6 is 22.7 Å². The molecule has 25 heavy (non-hydrogen) atoms. The number of aryl methyl sites for hydroxylation is 1. The molecule has 0 radical (unpaired) electrons. The van der Waals surface area contributed by atoms with Gasteiger partial charge < -0.3 is 9.84 Å². The molecule has 0 bridgehead atoms. The van der Waals surface area contributed by atoms with Crippen LogP contribution < -0.4 is 5.32 Å². The second-order valence-corrected chi connectivity index (χ2v) is 8.48. The highest BCUT2D eigenvalue weighted by atomic mass is 32.1. The van der Waals surface area contributed by atoms with Crippen molar-refractivity contribution in [3.8, 4) is 10.6 Å². The summed E-state index contributed by atoms with van der Waals surface area (Å²) < 4.78 is 5.23. The van der Waals surface area contributed by atoms with Crippen molar-refractivity contribution in [1.29, 1.82) is 0 Å². The molecule has 0 aromatic carbocycles. The highest BCUT2D eigenvalue weighted by Gasteiger charge is 2.20. The zero-order chi connectivity index (χ0) is 17.9. The maximum absolute atomic E-state index is 12.1. The molecule has 0 aliphatic carbocycles. The van der Waals surface area contributed by atoms with Crippen molar-refractivity contribution in [3.05, 3.63) is 34.6 Å². The van der Waals surface area contributed by atoms with Crippen LogP contribution in [0.4, 0.5) is 5.13 Å². The average molecular weight is 377 g/mol. The summed E-state index contributed by atoms with van der Waals surface area (Å²) in [6, 6.07) is 4.00. The number of aromatic nitrogens is 3. The zero-order valence-corrected chi connectivity index (χ0v) is 16.0. The lowest BCUT2D eigenvalue weighted by Gasteiger charge is -2.10. The molecule has 0 saturated heterocycles. The van der Waals surface area contributed by atoms with Crippen LogP contribution in [0.25, 0.3) is 10.6 Å². The van der Waals surface area contributed by atoms with E-state index in [0.29, 0.717) is 36.1 Å². The minimum absolute atomic E-state index is 0.0531. The predicted molar refractivity (Wildman–Crippen MR) is 100.0 cm³/mol. The highest BCUT2D eigenvalue weighted by Crippen LogP contribution is 2.28. The van der Waals surface area contributed by atoms with Crippen molar-refractivity contribution in [2.75, 3.05) is 5.32 Å². The van der Waals surface area contributed by atoms with Crippen molar-refractivity contribution in [2.45, 2.75) is 45.4 Å². The molecule has 0 saturated carbocycles. The zero-order valence-electron chi connectivity index (χ0n) is 14.4. The number of carbonyl (C=O) groups excluding carboxylic acids is 1. The van der Waals surface area contributed by atoms with Crippen LogP contribution in [0.1, 0.15) is 45.3 Å². The van der Waals surface area contributed by atoms with E-state index < -0.39 is 0 Å². The predicted octanol–water partition coefficient (Wildman–Crippen LogP) is 4.51. The molecule has 3 aromatic rings. The lowest BCUT2D eigenvalue weighted by Crippen LogP contribution is -2.13. The normalized spacial score (nSPS) is 11.6. The molecule has 1 N–H and O–H groups in total. The lowest BCUT2D eigenvalue weighted by molar-refractivity contribution is -0.116. The number of amides is 1. The van der Waals surface area contributed by atoms with Gasteiger partial charge in [0.1, 0.15) is 0 Å². The van der Waals surface area contributed by atoms with Crippen LogP contribution in [-0.4, -0.2) is 21.0 Å². The largest absolute Gasteiger partial charge is 0.339 e. The van der Waals surface area contributed by atoms with Crippen LogP contribution in [0.5, 0.6) is 0 Å². The van der Waals surface area contributed by atoms with Gasteiger partial charge in [-0.2, -0.15) is 4.98 Å². The van der Waals surface area contributed by atoms with Gasteiger partial charge in [-0.15, -0.1) is 22.7 Å². The summed E-state index contributed by atoms with van der Waals surface area (Å²) in [5.41, 5.74) is 0.764. The van der Waals surface area contributed by atoms with Crippen LogP contribution in [0.15, 0.2) is 27.4 Å². The van der Waals surface area contributed by atoms with E-state index in [4.69, 9.17) is 4.52 Å². The molecular weight excluding hydrogens is 356 g/mol. The van der Waals surface area contributed by atoms with Gasteiger partial charge in [0, 0.05) is 23.6 Å². The maximum Gasteiger partial charge on any atom is 0.226 e. The number of nitrogens with zero attached hydrogens (tertiary/aromatic N) is 3. The van der Waals surface area contributed by atoms with Crippen molar-refractivity contribution in [2.24, 2.45) is 0 Å². The number of hydrogen-bond donors (Lipinski definition) is 1. The van der Waals surface area contributed by atoms with Crippen LogP contribution in [0.3, 0.4) is 0 Å². The molecule has 0 spiro atoms. The Morgan fingerprint density at radius 1 is 1.28 bits per heavy atom. The number of rotatable bonds is 6. The summed E-state index contributed by atoms with van der Waals surface area (Å²) in [7, 11) is 0. The van der Waals surface area contributed by atoms with Gasteiger partial charge in [0.25, 0.3) is 0 Å². The molecule has 0 unspecified atom stereocenters. The molecule has 0 atom stereocenters. The Kier molecular flexibility index (Phi) is 5.29. The van der Waals surface area contributed by atoms with Gasteiger partial charge in [-0.05, 0) is 17.9 Å². The Bertz CT molecular complexity index is 831. The quantitative estimate of drug-likeness (QED) is 0.684. The van der Waals surface area contributed by atoms with Crippen molar-refractivity contribution >= 4 is 33.7 Å². The Morgan fingerprint density at radius 3 is 2.80 bits per heavy atom. The second-order valence-electron chi connectivity index (χ2n) is 6.68. The fourth-order valence-corrected chi connectivity index (χ4v) is 3.60. The van der Waals surface area contributed by atoms with Gasteiger partial charge in [0.2, 0.25) is 11.8 Å². The molecule has 0 fully saturated rings. The number of anilines is 1. The summed E-state index contributed by atoms with van der Waals surface area (Å²) in [6.45, 7) is 6.11. The van der Waals surface area contributed by atoms with Gasteiger partial charge in [-0.3, -0.25) is 4.79 Å². The molecule has 0 aliphatic rings. The first-order chi connectivity index (χ1) is 11.9. The molecule has 132 valence electrons. The Hall–Kier alpha value is -2.06. The fourth-order valence-electron chi connectivity index (χ4n) is 2.11. The number of thiazole rings is 1. The van der Waals surface area contributed by atoms with Gasteiger partial charge >= 0.3 is 0 Å². The van der Waals surface area contributed by atoms with E-state index in [1.807, 2.05) is 43.7 Å². The third-order valence-electron chi connectivity index (χ3n) is 3.46. The Balaban J connectivity index is 1.46. The molecule has 1 amide bonds. The first-order valence-corrected chi connectivity index (χ1v) is 9.80. The summed E-state index contributed by atoms with van der Waals surface area (Å²) in [4.78, 5) is 22.0. The van der Waals surface area contributed by atoms with Crippen LogP contribution in [0.2, 0.25) is 0 Å². The number of carbonyl (C=O) groups is 1. The molecule has 3 rings (SSSR count). The minimum Gasteiger partial charge on any atom is -0.339 e. The summed E-state index contributed by atoms with van der Waals surface area (Å²) in [6.07, 6.45) is 1.64. The molecule has 0 aliphatic heterocycles. The fraction of sp³-hybridized carbons (Fsp3) is 0.412. The van der Waals surface area contributed by atoms with Gasteiger partial charge in [-0.25, -0.2) is 4.98 Å². The van der Waals surface area contributed by atoms with E-state index in [2.05, 4.69) is 20.4 Å². The molecule has 6 nitrogen and oxygen atoms in total. The number of hydrogen-bond acceptors (Lipinski definition) is 7. The second kappa shape index (κ2) is 7.45. The monoisotopic (exact) mass is 376 g/mol. The first kappa shape index (κ1) is 17.8. The third-order valence-corrected chi connectivity index (χ3v) is 5.11. The Morgan fingerprint density at radius 2 is 2.12 bits per heavy atom. The first-order valence-electron chi connectivity index (χ1n) is 8.04. The van der Waals surface area contributed by atoms with Crippen molar-refractivity contribution in [1.82, 2.24) is 15.1 Å².